The minimum Gasteiger partial charge on any atom is -0.495 e. The van der Waals surface area contributed by atoms with Gasteiger partial charge in [0.15, 0.2) is 0 Å². The van der Waals surface area contributed by atoms with Crippen LogP contribution in [0.1, 0.15) is 19.4 Å². The highest BCUT2D eigenvalue weighted by molar-refractivity contribution is 8.00. The molecule has 7 heteroatoms. The maximum Gasteiger partial charge on any atom is 0.244 e. The van der Waals surface area contributed by atoms with Crippen LogP contribution in [0.3, 0.4) is 0 Å². The summed E-state index contributed by atoms with van der Waals surface area (Å²) in [4.78, 5) is 0.133. The molecule has 0 amide bonds. The molecule has 0 saturated heterocycles. The standard InChI is InChI=1S/C13H22N2O3S2/c1-13(2,19-4)9-15-20(16,17)12-6-5-10(8-14)7-11(12)18-3/h5-7,15H,8-9,14H2,1-4H3. The van der Waals surface area contributed by atoms with Crippen LogP contribution in [0.15, 0.2) is 23.1 Å². The highest BCUT2D eigenvalue weighted by Gasteiger charge is 2.24. The van der Waals surface area contributed by atoms with Gasteiger partial charge in [0.25, 0.3) is 0 Å². The molecule has 0 bridgehead atoms. The molecule has 0 aliphatic heterocycles. The lowest BCUT2D eigenvalue weighted by Gasteiger charge is -2.22. The van der Waals surface area contributed by atoms with E-state index in [2.05, 4.69) is 4.72 Å². The number of benzene rings is 1. The number of hydrogen-bond acceptors (Lipinski definition) is 5. The fraction of sp³-hybridized carbons (Fsp3) is 0.538. The fourth-order valence-corrected chi connectivity index (χ4v) is 3.15. The van der Waals surface area contributed by atoms with Crippen LogP contribution in [0.4, 0.5) is 0 Å². The predicted molar refractivity (Wildman–Crippen MR) is 83.7 cm³/mol. The van der Waals surface area contributed by atoms with Crippen molar-refractivity contribution in [2.24, 2.45) is 5.73 Å². The van der Waals surface area contributed by atoms with Crippen molar-refractivity contribution in [3.8, 4) is 5.75 Å². The summed E-state index contributed by atoms with van der Waals surface area (Å²) >= 11 is 1.60. The van der Waals surface area contributed by atoms with E-state index in [1.807, 2.05) is 20.1 Å². The molecule has 0 fully saturated rings. The van der Waals surface area contributed by atoms with Gasteiger partial charge in [-0.05, 0) is 37.8 Å². The lowest BCUT2D eigenvalue weighted by molar-refractivity contribution is 0.401. The molecule has 0 unspecified atom stereocenters. The molecule has 3 N–H and O–H groups in total. The topological polar surface area (TPSA) is 81.4 Å². The maximum absolute atomic E-state index is 12.3. The average molecular weight is 318 g/mol. The van der Waals surface area contributed by atoms with Crippen molar-refractivity contribution in [1.82, 2.24) is 4.72 Å². The number of ether oxygens (including phenoxy) is 1. The van der Waals surface area contributed by atoms with Crippen LogP contribution in [-0.4, -0.2) is 33.1 Å². The van der Waals surface area contributed by atoms with Gasteiger partial charge >= 0.3 is 0 Å². The van der Waals surface area contributed by atoms with E-state index in [4.69, 9.17) is 10.5 Å². The maximum atomic E-state index is 12.3. The molecule has 0 spiro atoms. The zero-order chi connectivity index (χ0) is 15.4. The summed E-state index contributed by atoms with van der Waals surface area (Å²) in [6, 6.07) is 4.86. The number of sulfonamides is 1. The molecule has 0 radical (unpaired) electrons. The summed E-state index contributed by atoms with van der Waals surface area (Å²) < 4.78 is 32.3. The van der Waals surface area contributed by atoms with E-state index in [1.165, 1.54) is 13.2 Å². The first-order valence-electron chi connectivity index (χ1n) is 6.17. The zero-order valence-electron chi connectivity index (χ0n) is 12.3. The third kappa shape index (κ3) is 4.37. The molecule has 0 aliphatic rings. The molecule has 0 aliphatic carbocycles. The predicted octanol–water partition coefficient (Wildman–Crippen LogP) is 1.57. The smallest absolute Gasteiger partial charge is 0.244 e. The molecule has 0 heterocycles. The number of nitrogens with two attached hydrogens (primary N) is 1. The second-order valence-electron chi connectivity index (χ2n) is 4.98. The van der Waals surface area contributed by atoms with Gasteiger partial charge in [-0.25, -0.2) is 13.1 Å². The Bertz CT molecular complexity index is 557. The Labute approximate surface area is 125 Å². The zero-order valence-corrected chi connectivity index (χ0v) is 13.9. The molecule has 1 aromatic carbocycles. The molecule has 114 valence electrons. The Hall–Kier alpha value is -0.760. The van der Waals surface area contributed by atoms with Gasteiger partial charge in [-0.3, -0.25) is 0 Å². The summed E-state index contributed by atoms with van der Waals surface area (Å²) in [6.07, 6.45) is 1.95. The molecular formula is C13H22N2O3S2. The van der Waals surface area contributed by atoms with Crippen LogP contribution in [0.2, 0.25) is 0 Å². The molecule has 0 saturated carbocycles. The average Bonchev–Trinajstić information content (AvgIpc) is 2.44. The van der Waals surface area contributed by atoms with Crippen LogP contribution in [0, 0.1) is 0 Å². The number of nitrogens with one attached hydrogen (secondary N) is 1. The van der Waals surface area contributed by atoms with Crippen LogP contribution in [0.5, 0.6) is 5.75 Å². The van der Waals surface area contributed by atoms with Gasteiger partial charge in [-0.15, -0.1) is 0 Å². The summed E-state index contributed by atoms with van der Waals surface area (Å²) in [5, 5.41) is 0. The third-order valence-corrected chi connectivity index (χ3v) is 5.68. The Morgan fingerprint density at radius 1 is 1.40 bits per heavy atom. The van der Waals surface area contributed by atoms with Gasteiger partial charge in [0.1, 0.15) is 10.6 Å². The van der Waals surface area contributed by atoms with E-state index in [0.717, 1.165) is 5.56 Å². The quantitative estimate of drug-likeness (QED) is 0.797. The van der Waals surface area contributed by atoms with Crippen molar-refractivity contribution in [1.29, 1.82) is 0 Å². The van der Waals surface area contributed by atoms with Crippen molar-refractivity contribution in [3.05, 3.63) is 23.8 Å². The molecule has 0 atom stereocenters. The van der Waals surface area contributed by atoms with E-state index < -0.39 is 10.0 Å². The largest absolute Gasteiger partial charge is 0.495 e. The number of thioether (sulfide) groups is 1. The second-order valence-corrected chi connectivity index (χ2v) is 8.23. The van der Waals surface area contributed by atoms with Crippen molar-refractivity contribution in [3.63, 3.8) is 0 Å². The van der Waals surface area contributed by atoms with Crippen molar-refractivity contribution >= 4 is 21.8 Å². The fourth-order valence-electron chi connectivity index (χ4n) is 1.48. The van der Waals surface area contributed by atoms with Gasteiger partial charge in [0.05, 0.1) is 7.11 Å². The number of methoxy groups -OCH3 is 1. The SMILES string of the molecule is COc1cc(CN)ccc1S(=O)(=O)NCC(C)(C)SC. The lowest BCUT2D eigenvalue weighted by Crippen LogP contribution is -2.36. The van der Waals surface area contributed by atoms with Crippen molar-refractivity contribution in [2.75, 3.05) is 19.9 Å². The van der Waals surface area contributed by atoms with E-state index in [0.29, 0.717) is 18.8 Å². The normalized spacial score (nSPS) is 12.4. The van der Waals surface area contributed by atoms with E-state index in [-0.39, 0.29) is 9.64 Å². The Balaban J connectivity index is 3.03. The molecular weight excluding hydrogens is 296 g/mol. The molecule has 1 rings (SSSR count). The monoisotopic (exact) mass is 318 g/mol. The first-order valence-corrected chi connectivity index (χ1v) is 8.88. The highest BCUT2D eigenvalue weighted by Crippen LogP contribution is 2.26. The van der Waals surface area contributed by atoms with Gasteiger partial charge in [-0.2, -0.15) is 11.8 Å². The van der Waals surface area contributed by atoms with E-state index >= 15 is 0 Å². The lowest BCUT2D eigenvalue weighted by atomic mass is 10.2. The van der Waals surface area contributed by atoms with E-state index in [9.17, 15) is 8.42 Å². The van der Waals surface area contributed by atoms with Gasteiger partial charge in [-0.1, -0.05) is 6.07 Å². The Morgan fingerprint density at radius 2 is 2.05 bits per heavy atom. The summed E-state index contributed by atoms with van der Waals surface area (Å²) in [5.74, 6) is 0.308. The summed E-state index contributed by atoms with van der Waals surface area (Å²) in [7, 11) is -2.16. The van der Waals surface area contributed by atoms with Gasteiger partial charge < -0.3 is 10.5 Å². The van der Waals surface area contributed by atoms with Gasteiger partial charge in [0, 0.05) is 17.8 Å². The summed E-state index contributed by atoms with van der Waals surface area (Å²) in [6.45, 7) is 4.64. The Kier molecular flexibility index (Phi) is 5.88. The van der Waals surface area contributed by atoms with Crippen LogP contribution in [-0.2, 0) is 16.6 Å². The third-order valence-electron chi connectivity index (χ3n) is 2.99. The molecule has 20 heavy (non-hydrogen) atoms. The minimum absolute atomic E-state index is 0.133. The van der Waals surface area contributed by atoms with Crippen LogP contribution >= 0.6 is 11.8 Å². The Morgan fingerprint density at radius 3 is 2.55 bits per heavy atom. The van der Waals surface area contributed by atoms with Crippen molar-refractivity contribution < 1.29 is 13.2 Å². The minimum atomic E-state index is -3.60. The number of hydrogen-bond donors (Lipinski definition) is 2. The number of rotatable bonds is 7. The molecule has 1 aromatic rings. The molecule has 0 aromatic heterocycles. The van der Waals surface area contributed by atoms with E-state index in [1.54, 1.807) is 23.9 Å². The first kappa shape index (κ1) is 17.3. The highest BCUT2D eigenvalue weighted by atomic mass is 32.2. The van der Waals surface area contributed by atoms with Crippen LogP contribution < -0.4 is 15.2 Å². The van der Waals surface area contributed by atoms with Crippen LogP contribution in [0.25, 0.3) is 0 Å². The van der Waals surface area contributed by atoms with Crippen molar-refractivity contribution in [2.45, 2.75) is 30.0 Å². The first-order chi connectivity index (χ1) is 9.25. The molecule has 5 nitrogen and oxygen atoms in total. The van der Waals surface area contributed by atoms with Gasteiger partial charge in [0.2, 0.25) is 10.0 Å². The summed E-state index contributed by atoms with van der Waals surface area (Å²) in [5.41, 5.74) is 6.37. The second kappa shape index (κ2) is 6.80.